The second-order valence-corrected chi connectivity index (χ2v) is 4.42. The highest BCUT2D eigenvalue weighted by Gasteiger charge is 2.12. The molecule has 0 saturated heterocycles. The fourth-order valence-electron chi connectivity index (χ4n) is 0.776. The maximum atomic E-state index is 11.0. The van der Waals surface area contributed by atoms with Gasteiger partial charge in [-0.3, -0.25) is 4.18 Å². The molecule has 0 aliphatic carbocycles. The van der Waals surface area contributed by atoms with E-state index in [-0.39, 0.29) is 10.9 Å². The van der Waals surface area contributed by atoms with Crippen molar-refractivity contribution in [2.24, 2.45) is 0 Å². The molecule has 0 aliphatic rings. The monoisotopic (exact) mass is 221 g/mol. The average Bonchev–Trinajstić information content (AvgIpc) is 2.09. The Morgan fingerprint density at radius 2 is 2.31 bits per heavy atom. The van der Waals surface area contributed by atoms with Gasteiger partial charge in [-0.25, -0.2) is 4.98 Å². The van der Waals surface area contributed by atoms with Gasteiger partial charge in [0.25, 0.3) is 10.1 Å². The summed E-state index contributed by atoms with van der Waals surface area (Å²) in [4.78, 5) is 3.74. The fraction of sp³-hybridized carbons (Fsp3) is 0.286. The molecule has 6 heteroatoms. The van der Waals surface area contributed by atoms with Gasteiger partial charge < -0.3 is 0 Å². The zero-order chi connectivity index (χ0) is 9.90. The molecule has 0 bridgehead atoms. The molecule has 1 aromatic heterocycles. The van der Waals surface area contributed by atoms with E-state index >= 15 is 0 Å². The summed E-state index contributed by atoms with van der Waals surface area (Å²) in [6.45, 7) is 0. The molecule has 0 spiro atoms. The molecule has 1 heterocycles. The van der Waals surface area contributed by atoms with Crippen molar-refractivity contribution in [1.29, 1.82) is 0 Å². The number of pyridine rings is 1. The lowest BCUT2D eigenvalue weighted by atomic mass is 10.3. The number of nitrogens with zero attached hydrogens (tertiary/aromatic N) is 1. The van der Waals surface area contributed by atoms with Crippen LogP contribution in [-0.4, -0.2) is 20.5 Å². The Hall–Kier alpha value is -0.650. The number of halogens is 1. The fourth-order valence-corrected chi connectivity index (χ4v) is 1.77. The minimum atomic E-state index is -3.52. The molecule has 0 atom stereocenters. The van der Waals surface area contributed by atoms with E-state index in [9.17, 15) is 8.42 Å². The van der Waals surface area contributed by atoms with Gasteiger partial charge in [0.05, 0.1) is 7.11 Å². The van der Waals surface area contributed by atoms with Gasteiger partial charge in [-0.15, -0.1) is 0 Å². The minimum absolute atomic E-state index is 0.183. The highest BCUT2D eigenvalue weighted by molar-refractivity contribution is 7.85. The summed E-state index contributed by atoms with van der Waals surface area (Å²) in [7, 11) is -2.41. The van der Waals surface area contributed by atoms with Crippen LogP contribution in [0.25, 0.3) is 0 Å². The molecule has 0 aromatic carbocycles. The van der Waals surface area contributed by atoms with E-state index in [1.807, 2.05) is 0 Å². The molecule has 1 aromatic rings. The van der Waals surface area contributed by atoms with Gasteiger partial charge in [-0.05, 0) is 6.07 Å². The molecule has 1 rings (SSSR count). The number of rotatable bonds is 3. The smallest absolute Gasteiger partial charge is 0.271 e. The Kier molecular flexibility index (Phi) is 3.24. The van der Waals surface area contributed by atoms with Crippen LogP contribution in [0.5, 0.6) is 0 Å². The van der Waals surface area contributed by atoms with Gasteiger partial charge in [0.1, 0.15) is 10.9 Å². The van der Waals surface area contributed by atoms with E-state index in [4.69, 9.17) is 11.6 Å². The van der Waals surface area contributed by atoms with Crippen molar-refractivity contribution in [3.63, 3.8) is 0 Å². The second kappa shape index (κ2) is 4.04. The first-order valence-electron chi connectivity index (χ1n) is 3.43. The van der Waals surface area contributed by atoms with E-state index in [0.29, 0.717) is 5.56 Å². The molecular formula is C7H8ClNO3S. The maximum absolute atomic E-state index is 11.0. The summed E-state index contributed by atoms with van der Waals surface area (Å²) >= 11 is 5.66. The molecule has 0 amide bonds. The Morgan fingerprint density at radius 3 is 2.85 bits per heavy atom. The molecule has 0 radical (unpaired) electrons. The lowest BCUT2D eigenvalue weighted by Gasteiger charge is -2.02. The normalized spacial score (nSPS) is 11.5. The number of hydrogen-bond acceptors (Lipinski definition) is 4. The Balaban J connectivity index is 2.93. The van der Waals surface area contributed by atoms with Crippen molar-refractivity contribution < 1.29 is 12.6 Å². The average molecular weight is 222 g/mol. The van der Waals surface area contributed by atoms with Crippen LogP contribution in [0.3, 0.4) is 0 Å². The Labute approximate surface area is 81.6 Å². The summed E-state index contributed by atoms with van der Waals surface area (Å²) in [6, 6.07) is 3.21. The predicted octanol–water partition coefficient (Wildman–Crippen LogP) is 1.21. The number of hydrogen-bond donors (Lipinski definition) is 0. The van der Waals surface area contributed by atoms with Gasteiger partial charge in [-0.1, -0.05) is 17.7 Å². The second-order valence-electron chi connectivity index (χ2n) is 2.32. The van der Waals surface area contributed by atoms with E-state index < -0.39 is 10.1 Å². The van der Waals surface area contributed by atoms with E-state index in [0.717, 1.165) is 7.11 Å². The van der Waals surface area contributed by atoms with E-state index in [1.54, 1.807) is 12.1 Å². The standard InChI is InChI=1S/C7H8ClNO3S/c1-12-13(10,11)5-6-3-2-4-9-7(6)8/h2-4H,5H2,1H3. The lowest BCUT2D eigenvalue weighted by molar-refractivity contribution is 0.397. The molecule has 0 unspecified atom stereocenters. The molecule has 4 nitrogen and oxygen atoms in total. The van der Waals surface area contributed by atoms with Crippen molar-refractivity contribution >= 4 is 21.7 Å². The van der Waals surface area contributed by atoms with Gasteiger partial charge in [0.2, 0.25) is 0 Å². The van der Waals surface area contributed by atoms with E-state index in [1.165, 1.54) is 6.20 Å². The summed E-state index contributed by atoms with van der Waals surface area (Å²) in [5.74, 6) is -0.254. The molecule has 0 fully saturated rings. The topological polar surface area (TPSA) is 56.3 Å². The van der Waals surface area contributed by atoms with Crippen LogP contribution >= 0.6 is 11.6 Å². The quantitative estimate of drug-likeness (QED) is 0.569. The van der Waals surface area contributed by atoms with E-state index in [2.05, 4.69) is 9.17 Å². The summed E-state index contributed by atoms with van der Waals surface area (Å²) < 4.78 is 26.3. The highest BCUT2D eigenvalue weighted by Crippen LogP contribution is 2.14. The van der Waals surface area contributed by atoms with Gasteiger partial charge >= 0.3 is 0 Å². The molecule has 0 aliphatic heterocycles. The van der Waals surface area contributed by atoms with Crippen LogP contribution in [0, 0.1) is 0 Å². The zero-order valence-corrected chi connectivity index (χ0v) is 8.47. The van der Waals surface area contributed by atoms with Crippen LogP contribution in [0.15, 0.2) is 18.3 Å². The third-order valence-electron chi connectivity index (χ3n) is 1.42. The van der Waals surface area contributed by atoms with Crippen molar-refractivity contribution in [3.8, 4) is 0 Å². The lowest BCUT2D eigenvalue weighted by Crippen LogP contribution is -2.06. The first kappa shape index (κ1) is 10.4. The molecule has 0 saturated carbocycles. The minimum Gasteiger partial charge on any atom is -0.273 e. The van der Waals surface area contributed by atoms with Crippen molar-refractivity contribution in [2.75, 3.05) is 7.11 Å². The van der Waals surface area contributed by atoms with Crippen molar-refractivity contribution in [1.82, 2.24) is 4.98 Å². The molecular weight excluding hydrogens is 214 g/mol. The first-order chi connectivity index (χ1) is 6.05. The summed E-state index contributed by atoms with van der Waals surface area (Å²) in [6.07, 6.45) is 1.49. The predicted molar refractivity (Wildman–Crippen MR) is 48.9 cm³/mol. The Bertz CT molecular complexity index is 390. The van der Waals surface area contributed by atoms with Crippen LogP contribution in [0.2, 0.25) is 5.15 Å². The highest BCUT2D eigenvalue weighted by atomic mass is 35.5. The summed E-state index contributed by atoms with van der Waals surface area (Å²) in [5.41, 5.74) is 0.436. The zero-order valence-electron chi connectivity index (χ0n) is 6.90. The van der Waals surface area contributed by atoms with Crippen LogP contribution < -0.4 is 0 Å². The molecule has 0 N–H and O–H groups in total. The number of aromatic nitrogens is 1. The summed E-state index contributed by atoms with van der Waals surface area (Å²) in [5, 5.41) is 0.183. The van der Waals surface area contributed by atoms with Gasteiger partial charge in [-0.2, -0.15) is 8.42 Å². The van der Waals surface area contributed by atoms with Crippen LogP contribution in [-0.2, 0) is 20.1 Å². The first-order valence-corrected chi connectivity index (χ1v) is 5.38. The van der Waals surface area contributed by atoms with Crippen molar-refractivity contribution in [2.45, 2.75) is 5.75 Å². The van der Waals surface area contributed by atoms with Crippen LogP contribution in [0.4, 0.5) is 0 Å². The third-order valence-corrected chi connectivity index (χ3v) is 2.94. The van der Waals surface area contributed by atoms with Gasteiger partial charge in [0.15, 0.2) is 0 Å². The third kappa shape index (κ3) is 2.95. The Morgan fingerprint density at radius 1 is 1.62 bits per heavy atom. The molecule has 72 valence electrons. The van der Waals surface area contributed by atoms with Crippen LogP contribution in [0.1, 0.15) is 5.56 Å². The largest absolute Gasteiger partial charge is 0.273 e. The SMILES string of the molecule is COS(=O)(=O)Cc1cccnc1Cl. The van der Waals surface area contributed by atoms with Crippen molar-refractivity contribution in [3.05, 3.63) is 29.0 Å². The van der Waals surface area contributed by atoms with Gasteiger partial charge in [0, 0.05) is 11.8 Å². The maximum Gasteiger partial charge on any atom is 0.271 e. The molecule has 13 heavy (non-hydrogen) atoms.